The van der Waals surface area contributed by atoms with Crippen molar-refractivity contribution in [2.45, 2.75) is 45.5 Å². The fourth-order valence-corrected chi connectivity index (χ4v) is 3.56. The molecule has 0 saturated heterocycles. The Labute approximate surface area is 159 Å². The van der Waals surface area contributed by atoms with Gasteiger partial charge in [-0.05, 0) is 25.5 Å². The molecule has 1 amide bonds. The predicted molar refractivity (Wildman–Crippen MR) is 100 cm³/mol. The van der Waals surface area contributed by atoms with Crippen molar-refractivity contribution in [3.63, 3.8) is 0 Å². The van der Waals surface area contributed by atoms with Crippen LogP contribution in [-0.2, 0) is 23.8 Å². The molecule has 26 heavy (non-hydrogen) atoms. The molecular formula is C18H31NO6S. The number of rotatable bonds is 12. The van der Waals surface area contributed by atoms with E-state index >= 15 is 0 Å². The molecule has 1 rings (SSSR count). The minimum Gasteiger partial charge on any atom is -0.447 e. The van der Waals surface area contributed by atoms with E-state index in [-0.39, 0.29) is 29.5 Å². The molecule has 0 radical (unpaired) electrons. The fraction of sp³-hybridized carbons (Fsp3) is 0.833. The number of carbonyl (C=O) groups is 3. The van der Waals surface area contributed by atoms with Crippen LogP contribution in [0.4, 0.5) is 4.79 Å². The van der Waals surface area contributed by atoms with Crippen LogP contribution < -0.4 is 5.32 Å². The van der Waals surface area contributed by atoms with Gasteiger partial charge in [-0.2, -0.15) is 0 Å². The Morgan fingerprint density at radius 1 is 1.15 bits per heavy atom. The minimum absolute atomic E-state index is 0.00515. The Hall–Kier alpha value is -1.12. The quantitative estimate of drug-likeness (QED) is 0.403. The maximum Gasteiger partial charge on any atom is 0.407 e. The van der Waals surface area contributed by atoms with Crippen LogP contribution in [0.5, 0.6) is 0 Å². The lowest BCUT2D eigenvalue weighted by molar-refractivity contribution is -0.129. The molecule has 1 N–H and O–H groups in total. The summed E-state index contributed by atoms with van der Waals surface area (Å²) in [7, 11) is 0. The standard InChI is InChI=1S/C18H31NO6S/c1-12(2)11-26-16-9-15(20)14(17(16)21)10-24-8-7-23-6-5-19-18(22)25-13(3)4/h12-14,16H,5-11H2,1-4H3,(H,19,22). The number of ketones is 2. The molecule has 0 heterocycles. The number of thioether (sulfide) groups is 1. The van der Waals surface area contributed by atoms with Gasteiger partial charge in [-0.3, -0.25) is 9.59 Å². The Morgan fingerprint density at radius 2 is 1.85 bits per heavy atom. The highest BCUT2D eigenvalue weighted by molar-refractivity contribution is 8.00. The highest BCUT2D eigenvalue weighted by Crippen LogP contribution is 2.29. The highest BCUT2D eigenvalue weighted by atomic mass is 32.2. The number of amides is 1. The zero-order valence-corrected chi connectivity index (χ0v) is 16.9. The minimum atomic E-state index is -0.632. The van der Waals surface area contributed by atoms with Gasteiger partial charge in [-0.25, -0.2) is 4.79 Å². The molecule has 0 bridgehead atoms. The van der Waals surface area contributed by atoms with Gasteiger partial charge < -0.3 is 19.5 Å². The summed E-state index contributed by atoms with van der Waals surface area (Å²) in [6.45, 7) is 9.19. The average Bonchev–Trinajstić information content (AvgIpc) is 2.81. The predicted octanol–water partition coefficient (Wildman–Crippen LogP) is 2.07. The Kier molecular flexibility index (Phi) is 10.8. The van der Waals surface area contributed by atoms with E-state index in [2.05, 4.69) is 19.2 Å². The molecule has 7 nitrogen and oxygen atoms in total. The van der Waals surface area contributed by atoms with Gasteiger partial charge in [0.15, 0.2) is 5.78 Å². The van der Waals surface area contributed by atoms with Gasteiger partial charge in [0.2, 0.25) is 0 Å². The summed E-state index contributed by atoms with van der Waals surface area (Å²) in [5.41, 5.74) is 0. The molecule has 0 aliphatic heterocycles. The van der Waals surface area contributed by atoms with Crippen LogP contribution in [0.25, 0.3) is 0 Å². The van der Waals surface area contributed by atoms with Gasteiger partial charge in [-0.1, -0.05) is 13.8 Å². The largest absolute Gasteiger partial charge is 0.447 e. The van der Waals surface area contributed by atoms with Crippen LogP contribution in [-0.4, -0.2) is 67.7 Å². The zero-order valence-electron chi connectivity index (χ0n) is 16.1. The third kappa shape index (κ3) is 9.00. The van der Waals surface area contributed by atoms with Gasteiger partial charge in [0.05, 0.1) is 37.8 Å². The maximum absolute atomic E-state index is 12.3. The van der Waals surface area contributed by atoms with Gasteiger partial charge in [0.1, 0.15) is 11.7 Å². The topological polar surface area (TPSA) is 90.9 Å². The molecule has 1 aliphatic rings. The van der Waals surface area contributed by atoms with Crippen molar-refractivity contribution < 1.29 is 28.6 Å². The Bertz CT molecular complexity index is 469. The van der Waals surface area contributed by atoms with Crippen molar-refractivity contribution in [1.29, 1.82) is 0 Å². The molecule has 0 aromatic carbocycles. The molecule has 8 heteroatoms. The number of ether oxygens (including phenoxy) is 3. The SMILES string of the molecule is CC(C)CSC1CC(=O)C(COCCOCCNC(=O)OC(C)C)C1=O. The Morgan fingerprint density at radius 3 is 2.50 bits per heavy atom. The third-order valence-corrected chi connectivity index (χ3v) is 5.24. The van der Waals surface area contributed by atoms with Crippen molar-refractivity contribution in [3.05, 3.63) is 0 Å². The van der Waals surface area contributed by atoms with Crippen LogP contribution in [0.1, 0.15) is 34.1 Å². The van der Waals surface area contributed by atoms with E-state index in [1.807, 2.05) is 0 Å². The number of nitrogens with one attached hydrogen (secondary N) is 1. The van der Waals surface area contributed by atoms with Crippen molar-refractivity contribution >= 4 is 29.4 Å². The normalized spacial score (nSPS) is 20.2. The molecule has 1 fully saturated rings. The lowest BCUT2D eigenvalue weighted by atomic mass is 10.1. The average molecular weight is 390 g/mol. The van der Waals surface area contributed by atoms with Gasteiger partial charge in [0.25, 0.3) is 0 Å². The number of alkyl carbamates (subject to hydrolysis) is 1. The van der Waals surface area contributed by atoms with E-state index < -0.39 is 12.0 Å². The molecule has 1 saturated carbocycles. The molecule has 0 spiro atoms. The van der Waals surface area contributed by atoms with Crippen LogP contribution in [0.15, 0.2) is 0 Å². The van der Waals surface area contributed by atoms with Crippen LogP contribution in [0, 0.1) is 11.8 Å². The second-order valence-corrected chi connectivity index (χ2v) is 8.15. The third-order valence-electron chi connectivity index (χ3n) is 3.58. The number of hydrogen-bond donors (Lipinski definition) is 1. The number of hydrogen-bond acceptors (Lipinski definition) is 7. The number of carbonyl (C=O) groups excluding carboxylic acids is 3. The van der Waals surface area contributed by atoms with E-state index in [1.54, 1.807) is 25.6 Å². The molecule has 0 aromatic heterocycles. The first-order valence-electron chi connectivity index (χ1n) is 9.09. The molecule has 2 atom stereocenters. The van der Waals surface area contributed by atoms with Gasteiger partial charge >= 0.3 is 6.09 Å². The number of Topliss-reactive ketones (excluding diaryl/α,β-unsaturated/α-hetero) is 2. The first kappa shape index (κ1) is 22.9. The highest BCUT2D eigenvalue weighted by Gasteiger charge is 2.41. The van der Waals surface area contributed by atoms with E-state index in [0.29, 0.717) is 38.7 Å². The molecule has 150 valence electrons. The van der Waals surface area contributed by atoms with E-state index in [0.717, 1.165) is 5.75 Å². The second-order valence-electron chi connectivity index (χ2n) is 6.91. The maximum atomic E-state index is 12.3. The van der Waals surface area contributed by atoms with E-state index in [9.17, 15) is 14.4 Å². The van der Waals surface area contributed by atoms with Crippen molar-refractivity contribution in [3.8, 4) is 0 Å². The zero-order chi connectivity index (χ0) is 19.5. The molecule has 0 aromatic rings. The van der Waals surface area contributed by atoms with Crippen LogP contribution in [0.2, 0.25) is 0 Å². The van der Waals surface area contributed by atoms with Crippen LogP contribution >= 0.6 is 11.8 Å². The summed E-state index contributed by atoms with van der Waals surface area (Å²) < 4.78 is 15.7. The second kappa shape index (κ2) is 12.3. The van der Waals surface area contributed by atoms with E-state index in [1.165, 1.54) is 0 Å². The first-order valence-corrected chi connectivity index (χ1v) is 10.1. The summed E-state index contributed by atoms with van der Waals surface area (Å²) in [6.07, 6.45) is -0.310. The summed E-state index contributed by atoms with van der Waals surface area (Å²) in [5.74, 6) is 0.716. The monoisotopic (exact) mass is 389 g/mol. The van der Waals surface area contributed by atoms with Crippen molar-refractivity contribution in [1.82, 2.24) is 5.32 Å². The lowest BCUT2D eigenvalue weighted by Gasteiger charge is -2.12. The van der Waals surface area contributed by atoms with Crippen molar-refractivity contribution in [2.24, 2.45) is 11.8 Å². The molecular weight excluding hydrogens is 358 g/mol. The summed E-state index contributed by atoms with van der Waals surface area (Å²) in [4.78, 5) is 35.5. The summed E-state index contributed by atoms with van der Waals surface area (Å²) in [5, 5.41) is 2.35. The Balaban J connectivity index is 2.08. The molecule has 1 aliphatic carbocycles. The van der Waals surface area contributed by atoms with Gasteiger partial charge in [0, 0.05) is 13.0 Å². The summed E-state index contributed by atoms with van der Waals surface area (Å²) >= 11 is 1.57. The van der Waals surface area contributed by atoms with Crippen molar-refractivity contribution in [2.75, 3.05) is 38.7 Å². The first-order chi connectivity index (χ1) is 12.3. The fourth-order valence-electron chi connectivity index (χ4n) is 2.34. The van der Waals surface area contributed by atoms with Gasteiger partial charge in [-0.15, -0.1) is 11.8 Å². The summed E-state index contributed by atoms with van der Waals surface area (Å²) in [6, 6.07) is 0. The lowest BCUT2D eigenvalue weighted by Crippen LogP contribution is -2.30. The molecule has 2 unspecified atom stereocenters. The smallest absolute Gasteiger partial charge is 0.407 e. The van der Waals surface area contributed by atoms with E-state index in [4.69, 9.17) is 14.2 Å². The van der Waals surface area contributed by atoms with Crippen LogP contribution in [0.3, 0.4) is 0 Å².